The summed E-state index contributed by atoms with van der Waals surface area (Å²) in [5.74, 6) is 2.67. The molecule has 1 amide bonds. The molecule has 4 bridgehead atoms. The Labute approximate surface area is 184 Å². The maximum absolute atomic E-state index is 13.0. The van der Waals surface area contributed by atoms with Crippen LogP contribution in [0.15, 0.2) is 47.5 Å². The van der Waals surface area contributed by atoms with E-state index in [1.54, 1.807) is 0 Å². The first-order valence-corrected chi connectivity index (χ1v) is 12.0. The van der Waals surface area contributed by atoms with Crippen LogP contribution in [-0.2, 0) is 16.8 Å². The Kier molecular flexibility index (Phi) is 4.48. The lowest BCUT2D eigenvalue weighted by Crippen LogP contribution is -2.49. The van der Waals surface area contributed by atoms with Crippen LogP contribution in [0.4, 0.5) is 0 Å². The van der Waals surface area contributed by atoms with Crippen molar-refractivity contribution in [3.05, 3.63) is 48.2 Å². The number of nitrogens with two attached hydrogens (primary N) is 1. The molecule has 5 nitrogen and oxygen atoms in total. The molecule has 3 N–H and O–H groups in total. The predicted molar refractivity (Wildman–Crippen MR) is 123 cm³/mol. The smallest absolute Gasteiger partial charge is 0.268 e. The van der Waals surface area contributed by atoms with Crippen LogP contribution in [0.1, 0.15) is 57.1 Å². The number of aromatic nitrogens is 1. The van der Waals surface area contributed by atoms with Crippen LogP contribution in [0.3, 0.4) is 0 Å². The van der Waals surface area contributed by atoms with E-state index in [2.05, 4.69) is 51.3 Å². The molecular weight excluding hydrogens is 384 g/mol. The molecule has 7 rings (SSSR count). The third-order valence-corrected chi connectivity index (χ3v) is 8.10. The zero-order valence-corrected chi connectivity index (χ0v) is 18.1. The quantitative estimate of drug-likeness (QED) is 0.566. The Morgan fingerprint density at radius 3 is 2.26 bits per heavy atom. The first-order valence-electron chi connectivity index (χ1n) is 12.0. The summed E-state index contributed by atoms with van der Waals surface area (Å²) in [6.45, 7) is 0.251. The number of rotatable bonds is 5. The summed E-state index contributed by atoms with van der Waals surface area (Å²) < 4.78 is 2.26. The molecule has 0 atom stereocenters. The summed E-state index contributed by atoms with van der Waals surface area (Å²) in [5, 5.41) is 3.13. The third kappa shape index (κ3) is 3.58. The molecule has 5 aliphatic carbocycles. The fraction of sp³-hybridized carbons (Fsp3) is 0.538. The Morgan fingerprint density at radius 1 is 1.00 bits per heavy atom. The van der Waals surface area contributed by atoms with Gasteiger partial charge in [0.05, 0.1) is 0 Å². The Balaban J connectivity index is 1.37. The van der Waals surface area contributed by atoms with Crippen LogP contribution in [0.25, 0.3) is 11.3 Å². The summed E-state index contributed by atoms with van der Waals surface area (Å²) in [6, 6.07) is 15.3. The van der Waals surface area contributed by atoms with Gasteiger partial charge in [0, 0.05) is 22.8 Å². The molecule has 5 heteroatoms. The van der Waals surface area contributed by atoms with Crippen molar-refractivity contribution < 1.29 is 4.79 Å². The zero-order chi connectivity index (χ0) is 21.0. The minimum absolute atomic E-state index is 0.176. The summed E-state index contributed by atoms with van der Waals surface area (Å²) in [7, 11) is 0. The fourth-order valence-corrected chi connectivity index (χ4v) is 7.16. The molecule has 1 aromatic heterocycles. The van der Waals surface area contributed by atoms with Gasteiger partial charge < -0.3 is 15.6 Å². The number of guanidine groups is 1. The van der Waals surface area contributed by atoms with Gasteiger partial charge in [-0.1, -0.05) is 30.3 Å². The second kappa shape index (κ2) is 7.25. The van der Waals surface area contributed by atoms with Crippen LogP contribution < -0.4 is 11.1 Å². The molecule has 0 radical (unpaired) electrons. The highest BCUT2D eigenvalue weighted by molar-refractivity contribution is 5.92. The SMILES string of the molecule is N/C(=N\C(=O)Cn1c(-c2ccccc2)ccc1C12CC3CC(CC(C3)C1)C2)NC1CC1. The van der Waals surface area contributed by atoms with E-state index in [0.717, 1.165) is 41.9 Å². The van der Waals surface area contributed by atoms with Gasteiger partial charge in [0.15, 0.2) is 5.96 Å². The number of aliphatic imine (C=N–C) groups is 1. The molecule has 31 heavy (non-hydrogen) atoms. The highest BCUT2D eigenvalue weighted by Crippen LogP contribution is 2.61. The van der Waals surface area contributed by atoms with Gasteiger partial charge in [-0.15, -0.1) is 0 Å². The van der Waals surface area contributed by atoms with Crippen LogP contribution in [0.5, 0.6) is 0 Å². The van der Waals surface area contributed by atoms with E-state index in [9.17, 15) is 4.79 Å². The van der Waals surface area contributed by atoms with Crippen LogP contribution in [0.2, 0.25) is 0 Å². The Bertz CT molecular complexity index is 982. The number of nitrogens with zero attached hydrogens (tertiary/aromatic N) is 2. The maximum Gasteiger partial charge on any atom is 0.268 e. The van der Waals surface area contributed by atoms with Gasteiger partial charge in [0.2, 0.25) is 0 Å². The Hall–Kier alpha value is -2.56. The van der Waals surface area contributed by atoms with E-state index in [1.807, 2.05) is 6.07 Å². The van der Waals surface area contributed by atoms with Crippen molar-refractivity contribution in [2.75, 3.05) is 0 Å². The molecule has 0 aliphatic heterocycles. The van der Waals surface area contributed by atoms with Crippen molar-refractivity contribution in [1.82, 2.24) is 9.88 Å². The van der Waals surface area contributed by atoms with E-state index in [0.29, 0.717) is 6.04 Å². The number of carbonyl (C=O) groups is 1. The van der Waals surface area contributed by atoms with Crippen LogP contribution >= 0.6 is 0 Å². The molecule has 0 spiro atoms. The minimum atomic E-state index is -0.176. The largest absolute Gasteiger partial charge is 0.370 e. The van der Waals surface area contributed by atoms with Crippen LogP contribution in [-0.4, -0.2) is 22.5 Å². The van der Waals surface area contributed by atoms with Crippen molar-refractivity contribution in [3.8, 4) is 11.3 Å². The summed E-state index contributed by atoms with van der Waals surface area (Å²) >= 11 is 0. The highest BCUT2D eigenvalue weighted by Gasteiger charge is 2.52. The van der Waals surface area contributed by atoms with Gasteiger partial charge in [-0.05, 0) is 86.8 Å². The average molecular weight is 417 g/mol. The van der Waals surface area contributed by atoms with E-state index in [1.165, 1.54) is 44.2 Å². The molecule has 162 valence electrons. The zero-order valence-electron chi connectivity index (χ0n) is 18.1. The molecule has 0 unspecified atom stereocenters. The lowest BCUT2D eigenvalue weighted by molar-refractivity contribution is -0.118. The topological polar surface area (TPSA) is 72.4 Å². The molecule has 0 saturated heterocycles. The maximum atomic E-state index is 13.0. The predicted octanol–water partition coefficient (Wildman–Crippen LogP) is 4.22. The third-order valence-electron chi connectivity index (χ3n) is 8.10. The van der Waals surface area contributed by atoms with E-state index >= 15 is 0 Å². The molecule has 1 aromatic carbocycles. The first kappa shape index (κ1) is 19.1. The lowest BCUT2D eigenvalue weighted by atomic mass is 9.49. The number of hydrogen-bond acceptors (Lipinski definition) is 1. The number of amides is 1. The monoisotopic (exact) mass is 416 g/mol. The second-order valence-corrected chi connectivity index (χ2v) is 10.6. The molecular formula is C26H32N4O. The van der Waals surface area contributed by atoms with Crippen molar-refractivity contribution >= 4 is 11.9 Å². The van der Waals surface area contributed by atoms with Gasteiger partial charge >= 0.3 is 0 Å². The molecule has 5 fully saturated rings. The van der Waals surface area contributed by atoms with Gasteiger partial charge in [-0.25, -0.2) is 0 Å². The standard InChI is InChI=1S/C26H32N4O/c27-25(28-21-6-7-21)29-24(31)16-30-22(20-4-2-1-3-5-20)8-9-23(30)26-13-17-10-18(14-26)12-19(11-17)15-26/h1-5,8-9,17-19,21H,6-7,10-16H2,(H3,27,28,29,31). The molecule has 5 saturated carbocycles. The highest BCUT2D eigenvalue weighted by atomic mass is 16.1. The molecule has 5 aliphatic rings. The van der Waals surface area contributed by atoms with Crippen molar-refractivity contribution in [2.45, 2.75) is 69.4 Å². The summed E-state index contributed by atoms with van der Waals surface area (Å²) in [6.07, 6.45) is 10.3. The van der Waals surface area contributed by atoms with E-state index < -0.39 is 0 Å². The van der Waals surface area contributed by atoms with Gasteiger partial charge in [0.1, 0.15) is 6.54 Å². The average Bonchev–Trinajstić information content (AvgIpc) is 3.43. The first-order chi connectivity index (χ1) is 15.1. The number of benzene rings is 1. The normalized spacial score (nSPS) is 31.7. The van der Waals surface area contributed by atoms with Crippen molar-refractivity contribution in [2.24, 2.45) is 28.5 Å². The number of nitrogens with one attached hydrogen (secondary N) is 1. The second-order valence-electron chi connectivity index (χ2n) is 10.6. The van der Waals surface area contributed by atoms with E-state index in [4.69, 9.17) is 5.73 Å². The van der Waals surface area contributed by atoms with Gasteiger partial charge in [-0.2, -0.15) is 4.99 Å². The van der Waals surface area contributed by atoms with Gasteiger partial charge in [-0.3, -0.25) is 4.79 Å². The lowest BCUT2D eigenvalue weighted by Gasteiger charge is -2.57. The number of carbonyl (C=O) groups excluding carboxylic acids is 1. The molecule has 2 aromatic rings. The Morgan fingerprint density at radius 2 is 1.65 bits per heavy atom. The molecule has 1 heterocycles. The number of hydrogen-bond donors (Lipinski definition) is 2. The van der Waals surface area contributed by atoms with Crippen molar-refractivity contribution in [1.29, 1.82) is 0 Å². The van der Waals surface area contributed by atoms with Crippen LogP contribution in [0, 0.1) is 17.8 Å². The van der Waals surface area contributed by atoms with Gasteiger partial charge in [0.25, 0.3) is 5.91 Å². The van der Waals surface area contributed by atoms with Crippen molar-refractivity contribution in [3.63, 3.8) is 0 Å². The fourth-order valence-electron chi connectivity index (χ4n) is 7.16. The summed E-state index contributed by atoms with van der Waals surface area (Å²) in [5.41, 5.74) is 9.83. The van der Waals surface area contributed by atoms with E-state index in [-0.39, 0.29) is 23.8 Å². The minimum Gasteiger partial charge on any atom is -0.370 e. The summed E-state index contributed by atoms with van der Waals surface area (Å²) in [4.78, 5) is 17.1.